The van der Waals surface area contributed by atoms with E-state index < -0.39 is 0 Å². The van der Waals surface area contributed by atoms with E-state index in [2.05, 4.69) is 44.9 Å². The van der Waals surface area contributed by atoms with E-state index in [1.165, 1.54) is 31.2 Å². The van der Waals surface area contributed by atoms with Crippen LogP contribution < -0.4 is 4.74 Å². The van der Waals surface area contributed by atoms with Crippen molar-refractivity contribution < 1.29 is 4.74 Å². The lowest BCUT2D eigenvalue weighted by molar-refractivity contribution is 0.517. The van der Waals surface area contributed by atoms with Crippen molar-refractivity contribution in [1.29, 1.82) is 0 Å². The average Bonchev–Trinajstić information content (AvgIpc) is 2.38. The van der Waals surface area contributed by atoms with Crippen molar-refractivity contribution in [3.63, 3.8) is 0 Å². The van der Waals surface area contributed by atoms with E-state index in [1.807, 2.05) is 12.1 Å². The number of hydrogen-bond donors (Lipinski definition) is 0. The summed E-state index contributed by atoms with van der Waals surface area (Å²) in [4.78, 5) is 0. The average molecular weight is 244 g/mol. The van der Waals surface area contributed by atoms with Gasteiger partial charge in [0, 0.05) is 6.42 Å². The Hall–Kier alpha value is -1.42. The van der Waals surface area contributed by atoms with Crippen molar-refractivity contribution in [1.82, 2.24) is 0 Å². The number of rotatable bonds is 6. The molecule has 1 rings (SSSR count). The minimum Gasteiger partial charge on any atom is -0.408 e. The van der Waals surface area contributed by atoms with E-state index in [9.17, 15) is 0 Å². The zero-order valence-electron chi connectivity index (χ0n) is 11.8. The molecule has 0 amide bonds. The number of benzene rings is 1. The van der Waals surface area contributed by atoms with E-state index in [0.717, 1.165) is 12.2 Å². The summed E-state index contributed by atoms with van der Waals surface area (Å²) in [5.41, 5.74) is 1.33. The third-order valence-electron chi connectivity index (χ3n) is 2.94. The predicted octanol–water partition coefficient (Wildman–Crippen LogP) is 5.12. The Morgan fingerprint density at radius 2 is 1.78 bits per heavy atom. The molecule has 0 spiro atoms. The van der Waals surface area contributed by atoms with Gasteiger partial charge in [0.05, 0.1) is 0 Å². The summed E-state index contributed by atoms with van der Waals surface area (Å²) in [5.74, 6) is 4.45. The van der Waals surface area contributed by atoms with E-state index >= 15 is 0 Å². The summed E-state index contributed by atoms with van der Waals surface area (Å²) in [6.07, 6.45) is 8.74. The number of unbranched alkanes of at least 4 members (excludes halogenated alkanes) is 4. The Bertz CT molecular complexity index is 378. The largest absolute Gasteiger partial charge is 0.408 e. The lowest BCUT2D eigenvalue weighted by atomic mass is 10.0. The van der Waals surface area contributed by atoms with E-state index in [0.29, 0.717) is 5.92 Å². The van der Waals surface area contributed by atoms with Gasteiger partial charge in [-0.15, -0.1) is 0 Å². The van der Waals surface area contributed by atoms with Gasteiger partial charge >= 0.3 is 0 Å². The topological polar surface area (TPSA) is 9.23 Å². The fourth-order valence-corrected chi connectivity index (χ4v) is 1.71. The lowest BCUT2D eigenvalue weighted by Crippen LogP contribution is -1.88. The van der Waals surface area contributed by atoms with E-state index in [-0.39, 0.29) is 0 Å². The van der Waals surface area contributed by atoms with Crippen LogP contribution in [0.1, 0.15) is 64.4 Å². The van der Waals surface area contributed by atoms with Gasteiger partial charge in [0.2, 0.25) is 0 Å². The van der Waals surface area contributed by atoms with Crippen molar-refractivity contribution >= 4 is 0 Å². The molecule has 0 radical (unpaired) electrons. The molecule has 1 heteroatoms. The van der Waals surface area contributed by atoms with Crippen LogP contribution in [0.3, 0.4) is 0 Å². The van der Waals surface area contributed by atoms with E-state index in [1.54, 1.807) is 0 Å². The third kappa shape index (κ3) is 5.77. The molecular weight excluding hydrogens is 220 g/mol. The van der Waals surface area contributed by atoms with Gasteiger partial charge in [0.1, 0.15) is 11.9 Å². The van der Waals surface area contributed by atoms with Gasteiger partial charge in [0.15, 0.2) is 0 Å². The molecule has 0 aliphatic carbocycles. The summed E-state index contributed by atoms with van der Waals surface area (Å²) in [7, 11) is 0. The second-order valence-electron chi connectivity index (χ2n) is 4.92. The maximum Gasteiger partial charge on any atom is 0.140 e. The summed E-state index contributed by atoms with van der Waals surface area (Å²) in [6.45, 7) is 6.59. The zero-order valence-corrected chi connectivity index (χ0v) is 11.8. The smallest absolute Gasteiger partial charge is 0.140 e. The minimum atomic E-state index is 0.559. The highest BCUT2D eigenvalue weighted by Crippen LogP contribution is 2.18. The molecule has 0 fully saturated rings. The number of hydrogen-bond acceptors (Lipinski definition) is 1. The molecule has 0 aromatic heterocycles. The Kier molecular flexibility index (Phi) is 7.03. The molecule has 0 saturated heterocycles. The first-order valence-corrected chi connectivity index (χ1v) is 6.98. The monoisotopic (exact) mass is 244 g/mol. The Morgan fingerprint density at radius 3 is 2.39 bits per heavy atom. The molecule has 0 N–H and O–H groups in total. The highest BCUT2D eigenvalue weighted by Gasteiger charge is 1.98. The van der Waals surface area contributed by atoms with Crippen molar-refractivity contribution in [3.05, 3.63) is 29.8 Å². The summed E-state index contributed by atoms with van der Waals surface area (Å²) in [5, 5.41) is 0. The van der Waals surface area contributed by atoms with Gasteiger partial charge in [-0.3, -0.25) is 0 Å². The van der Waals surface area contributed by atoms with E-state index in [4.69, 9.17) is 4.74 Å². The van der Waals surface area contributed by atoms with Gasteiger partial charge in [-0.1, -0.05) is 58.1 Å². The normalized spacial score (nSPS) is 10.0. The Morgan fingerprint density at radius 1 is 1.06 bits per heavy atom. The molecular formula is C17H24O. The fraction of sp³-hybridized carbons (Fsp3) is 0.529. The molecule has 0 saturated carbocycles. The molecule has 0 aliphatic rings. The summed E-state index contributed by atoms with van der Waals surface area (Å²) < 4.78 is 5.39. The first-order valence-electron chi connectivity index (χ1n) is 6.98. The minimum absolute atomic E-state index is 0.559. The molecule has 0 heterocycles. The third-order valence-corrected chi connectivity index (χ3v) is 2.94. The van der Waals surface area contributed by atoms with Crippen molar-refractivity contribution in [2.45, 2.75) is 58.8 Å². The highest BCUT2D eigenvalue weighted by atomic mass is 16.5. The molecule has 0 unspecified atom stereocenters. The van der Waals surface area contributed by atoms with Gasteiger partial charge < -0.3 is 4.74 Å². The molecule has 1 nitrogen and oxygen atoms in total. The first kappa shape index (κ1) is 14.6. The molecule has 18 heavy (non-hydrogen) atoms. The van der Waals surface area contributed by atoms with Gasteiger partial charge in [0.25, 0.3) is 0 Å². The first-order chi connectivity index (χ1) is 8.74. The number of ether oxygens (including phenoxy) is 1. The molecule has 0 aliphatic heterocycles. The van der Waals surface area contributed by atoms with Crippen molar-refractivity contribution in [2.24, 2.45) is 0 Å². The van der Waals surface area contributed by atoms with Crippen LogP contribution in [0.2, 0.25) is 0 Å². The van der Waals surface area contributed by atoms with Crippen LogP contribution >= 0.6 is 0 Å². The van der Waals surface area contributed by atoms with Crippen molar-refractivity contribution in [3.8, 4) is 17.8 Å². The predicted molar refractivity (Wildman–Crippen MR) is 77.7 cm³/mol. The fourth-order valence-electron chi connectivity index (χ4n) is 1.71. The van der Waals surface area contributed by atoms with Gasteiger partial charge in [-0.05, 0) is 30.0 Å². The summed E-state index contributed by atoms with van der Waals surface area (Å²) >= 11 is 0. The van der Waals surface area contributed by atoms with Crippen LogP contribution in [0.5, 0.6) is 5.75 Å². The lowest BCUT2D eigenvalue weighted by Gasteiger charge is -2.04. The second-order valence-corrected chi connectivity index (χ2v) is 4.92. The SMILES string of the molecule is CCCCCCC#COc1ccc(C(C)C)cc1. The van der Waals surface area contributed by atoms with Crippen LogP contribution in [0.4, 0.5) is 0 Å². The molecule has 1 aromatic rings. The zero-order chi connectivity index (χ0) is 13.2. The van der Waals surface area contributed by atoms with Crippen LogP contribution in [0, 0.1) is 12.0 Å². The molecule has 98 valence electrons. The van der Waals surface area contributed by atoms with Crippen LogP contribution in [-0.4, -0.2) is 0 Å². The van der Waals surface area contributed by atoms with Crippen molar-refractivity contribution in [2.75, 3.05) is 0 Å². The molecule has 0 atom stereocenters. The Labute approximate surface area is 112 Å². The molecule has 0 bridgehead atoms. The maximum atomic E-state index is 5.39. The van der Waals surface area contributed by atoms with Crippen LogP contribution in [-0.2, 0) is 0 Å². The van der Waals surface area contributed by atoms with Crippen LogP contribution in [0.15, 0.2) is 24.3 Å². The summed E-state index contributed by atoms with van der Waals surface area (Å²) in [6, 6.07) is 8.17. The standard InChI is InChI=1S/C17H24O/c1-4-5-6-7-8-9-14-18-17-12-10-16(11-13-17)15(2)3/h10-13,15H,4-8H2,1-3H3. The van der Waals surface area contributed by atoms with Gasteiger partial charge in [-0.2, -0.15) is 0 Å². The maximum absolute atomic E-state index is 5.39. The van der Waals surface area contributed by atoms with Gasteiger partial charge in [-0.25, -0.2) is 0 Å². The van der Waals surface area contributed by atoms with Crippen LogP contribution in [0.25, 0.3) is 0 Å². The second kappa shape index (κ2) is 8.64. The Balaban J connectivity index is 2.28. The molecule has 1 aromatic carbocycles. The quantitative estimate of drug-likeness (QED) is 0.498. The highest BCUT2D eigenvalue weighted by molar-refractivity contribution is 5.29.